The highest BCUT2D eigenvalue weighted by molar-refractivity contribution is 5.86. The summed E-state index contributed by atoms with van der Waals surface area (Å²) in [6, 6.07) is 13.0. The molecule has 1 N–H and O–H groups in total. The lowest BCUT2D eigenvalue weighted by Crippen LogP contribution is -2.34. The van der Waals surface area contributed by atoms with Gasteiger partial charge in [0.2, 0.25) is 0 Å². The van der Waals surface area contributed by atoms with Gasteiger partial charge in [-0.3, -0.25) is 4.79 Å². The molecule has 2 aromatic rings. The molecule has 0 saturated heterocycles. The number of ether oxygens (including phenoxy) is 2. The second kappa shape index (κ2) is 9.49. The molecular formula is C23H31NO4. The first-order valence-electron chi connectivity index (χ1n) is 9.91. The molecule has 1 unspecified atom stereocenters. The molecule has 28 heavy (non-hydrogen) atoms. The molecule has 0 radical (unpaired) electrons. The molecule has 2 aromatic carbocycles. The third kappa shape index (κ3) is 4.24. The van der Waals surface area contributed by atoms with E-state index < -0.39 is 11.4 Å². The van der Waals surface area contributed by atoms with E-state index in [0.717, 1.165) is 24.5 Å². The Morgan fingerprint density at radius 2 is 1.50 bits per heavy atom. The zero-order valence-electron chi connectivity index (χ0n) is 17.5. The molecule has 0 heterocycles. The Kier molecular flexibility index (Phi) is 7.32. The van der Waals surface area contributed by atoms with Crippen LogP contribution in [0.2, 0.25) is 0 Å². The molecule has 5 nitrogen and oxygen atoms in total. The first kappa shape index (κ1) is 21.6. The maximum absolute atomic E-state index is 12.4. The smallest absolute Gasteiger partial charge is 0.318 e. The number of aliphatic carboxylic acids is 1. The van der Waals surface area contributed by atoms with Crippen molar-refractivity contribution in [2.75, 3.05) is 31.2 Å². The van der Waals surface area contributed by atoms with Crippen LogP contribution in [-0.4, -0.2) is 37.4 Å². The van der Waals surface area contributed by atoms with Crippen LogP contribution in [0.25, 0.3) is 0 Å². The molecule has 0 amide bonds. The Hall–Kier alpha value is -2.69. The van der Waals surface area contributed by atoms with Crippen LogP contribution in [0.4, 0.5) is 5.69 Å². The van der Waals surface area contributed by atoms with Gasteiger partial charge in [0.05, 0.1) is 18.9 Å². The molecule has 0 aromatic heterocycles. The van der Waals surface area contributed by atoms with Gasteiger partial charge >= 0.3 is 5.97 Å². The van der Waals surface area contributed by atoms with E-state index in [1.54, 1.807) is 6.92 Å². The summed E-state index contributed by atoms with van der Waals surface area (Å²) >= 11 is 0. The molecule has 0 spiro atoms. The van der Waals surface area contributed by atoms with Crippen LogP contribution in [0, 0.1) is 0 Å². The summed E-state index contributed by atoms with van der Waals surface area (Å²) in [7, 11) is 0. The second-order valence-corrected chi connectivity index (χ2v) is 6.68. The van der Waals surface area contributed by atoms with Gasteiger partial charge in [-0.05, 0) is 70.0 Å². The molecule has 0 aliphatic heterocycles. The van der Waals surface area contributed by atoms with Crippen LogP contribution in [-0.2, 0) is 10.2 Å². The Morgan fingerprint density at radius 3 is 2.00 bits per heavy atom. The quantitative estimate of drug-likeness (QED) is 0.641. The number of hydrogen-bond donors (Lipinski definition) is 1. The summed E-state index contributed by atoms with van der Waals surface area (Å²) in [6.45, 7) is 12.6. The number of nitrogens with zero attached hydrogens (tertiary/aromatic N) is 1. The highest BCUT2D eigenvalue weighted by Gasteiger charge is 2.38. The van der Waals surface area contributed by atoms with Crippen molar-refractivity contribution in [1.82, 2.24) is 0 Å². The van der Waals surface area contributed by atoms with Gasteiger partial charge in [-0.25, -0.2) is 0 Å². The average Bonchev–Trinajstić information content (AvgIpc) is 2.70. The Labute approximate surface area is 167 Å². The van der Waals surface area contributed by atoms with Gasteiger partial charge in [-0.2, -0.15) is 0 Å². The number of carbonyl (C=O) groups is 1. The van der Waals surface area contributed by atoms with Gasteiger partial charge < -0.3 is 19.5 Å². The van der Waals surface area contributed by atoms with Gasteiger partial charge in [0.15, 0.2) is 0 Å². The lowest BCUT2D eigenvalue weighted by molar-refractivity contribution is -0.141. The van der Waals surface area contributed by atoms with E-state index in [1.165, 1.54) is 0 Å². The molecule has 0 aliphatic rings. The van der Waals surface area contributed by atoms with Crippen molar-refractivity contribution < 1.29 is 19.4 Å². The van der Waals surface area contributed by atoms with Crippen molar-refractivity contribution >= 4 is 11.7 Å². The molecule has 5 heteroatoms. The van der Waals surface area contributed by atoms with E-state index in [2.05, 4.69) is 18.7 Å². The lowest BCUT2D eigenvalue weighted by Gasteiger charge is -2.29. The summed E-state index contributed by atoms with van der Waals surface area (Å²) < 4.78 is 11.4. The van der Waals surface area contributed by atoms with Crippen LogP contribution < -0.4 is 14.4 Å². The van der Waals surface area contributed by atoms with Crippen molar-refractivity contribution in [2.45, 2.75) is 40.0 Å². The molecule has 0 fully saturated rings. The topological polar surface area (TPSA) is 59.0 Å². The van der Waals surface area contributed by atoms with E-state index in [0.29, 0.717) is 30.1 Å². The molecule has 0 bridgehead atoms. The van der Waals surface area contributed by atoms with Crippen molar-refractivity contribution in [3.05, 3.63) is 53.6 Å². The highest BCUT2D eigenvalue weighted by atomic mass is 16.5. The molecule has 152 valence electrons. The SMILES string of the molecule is CCOc1ccc(C(C)(C(=O)O)c2ccc(N(CC)CC)c(OCC)c2)cc1. The number of benzene rings is 2. The van der Waals surface area contributed by atoms with E-state index in [-0.39, 0.29) is 0 Å². The maximum atomic E-state index is 12.4. The van der Waals surface area contributed by atoms with Gasteiger partial charge in [-0.15, -0.1) is 0 Å². The minimum Gasteiger partial charge on any atom is -0.494 e. The predicted octanol–water partition coefficient (Wildman–Crippen LogP) is 4.72. The van der Waals surface area contributed by atoms with Gasteiger partial charge in [0, 0.05) is 13.1 Å². The van der Waals surface area contributed by atoms with E-state index in [4.69, 9.17) is 9.47 Å². The van der Waals surface area contributed by atoms with Crippen LogP contribution >= 0.6 is 0 Å². The summed E-state index contributed by atoms with van der Waals surface area (Å²) in [5.74, 6) is 0.530. The van der Waals surface area contributed by atoms with Crippen molar-refractivity contribution in [1.29, 1.82) is 0 Å². The third-order valence-electron chi connectivity index (χ3n) is 5.11. The molecular weight excluding hydrogens is 354 g/mol. The van der Waals surface area contributed by atoms with Crippen molar-refractivity contribution in [2.24, 2.45) is 0 Å². The number of carboxylic acid groups (broad SMARTS) is 1. The van der Waals surface area contributed by atoms with Gasteiger partial charge in [0.1, 0.15) is 16.9 Å². The highest BCUT2D eigenvalue weighted by Crippen LogP contribution is 2.38. The van der Waals surface area contributed by atoms with Crippen LogP contribution in [0.3, 0.4) is 0 Å². The number of hydrogen-bond acceptors (Lipinski definition) is 4. The normalized spacial score (nSPS) is 12.9. The first-order valence-corrected chi connectivity index (χ1v) is 9.91. The van der Waals surface area contributed by atoms with Gasteiger partial charge in [0.25, 0.3) is 0 Å². The zero-order valence-corrected chi connectivity index (χ0v) is 17.5. The Bertz CT molecular complexity index is 784. The van der Waals surface area contributed by atoms with Crippen LogP contribution in [0.5, 0.6) is 11.5 Å². The fourth-order valence-corrected chi connectivity index (χ4v) is 3.39. The summed E-state index contributed by atoms with van der Waals surface area (Å²) in [4.78, 5) is 14.5. The molecule has 2 rings (SSSR count). The Balaban J connectivity index is 2.55. The zero-order chi connectivity index (χ0) is 20.7. The average molecular weight is 386 g/mol. The number of anilines is 1. The third-order valence-corrected chi connectivity index (χ3v) is 5.11. The van der Waals surface area contributed by atoms with E-state index in [1.807, 2.05) is 56.3 Å². The first-order chi connectivity index (χ1) is 13.4. The fourth-order valence-electron chi connectivity index (χ4n) is 3.39. The van der Waals surface area contributed by atoms with E-state index in [9.17, 15) is 9.90 Å². The molecule has 1 atom stereocenters. The van der Waals surface area contributed by atoms with Crippen molar-refractivity contribution in [3.63, 3.8) is 0 Å². The summed E-state index contributed by atoms with van der Waals surface area (Å²) in [6.07, 6.45) is 0. The number of carboxylic acids is 1. The van der Waals surface area contributed by atoms with Crippen molar-refractivity contribution in [3.8, 4) is 11.5 Å². The summed E-state index contributed by atoms with van der Waals surface area (Å²) in [5, 5.41) is 10.1. The maximum Gasteiger partial charge on any atom is 0.318 e. The number of rotatable bonds is 10. The minimum absolute atomic E-state index is 0.518. The second-order valence-electron chi connectivity index (χ2n) is 6.68. The fraction of sp³-hybridized carbons (Fsp3) is 0.435. The predicted molar refractivity (Wildman–Crippen MR) is 113 cm³/mol. The standard InChI is InChI=1S/C23H31NO4/c1-6-24(7-2)20-15-12-18(16-21(20)28-9-4)23(5,22(25)26)17-10-13-19(14-11-17)27-8-3/h10-16H,6-9H2,1-5H3,(H,25,26). The molecule has 0 aliphatic carbocycles. The van der Waals surface area contributed by atoms with Gasteiger partial charge in [-0.1, -0.05) is 18.2 Å². The van der Waals surface area contributed by atoms with Crippen LogP contribution in [0.1, 0.15) is 45.7 Å². The van der Waals surface area contributed by atoms with E-state index >= 15 is 0 Å². The lowest BCUT2D eigenvalue weighted by atomic mass is 9.76. The molecule has 0 saturated carbocycles. The Morgan fingerprint density at radius 1 is 0.929 bits per heavy atom. The largest absolute Gasteiger partial charge is 0.494 e. The summed E-state index contributed by atoms with van der Waals surface area (Å²) in [5.41, 5.74) is 1.17. The van der Waals surface area contributed by atoms with Crippen LogP contribution in [0.15, 0.2) is 42.5 Å². The monoisotopic (exact) mass is 385 g/mol. The minimum atomic E-state index is -1.20.